The lowest BCUT2D eigenvalue weighted by molar-refractivity contribution is 0.512. The van der Waals surface area contributed by atoms with E-state index in [2.05, 4.69) is 17.0 Å². The molecule has 0 unspecified atom stereocenters. The van der Waals surface area contributed by atoms with Crippen LogP contribution >= 0.6 is 0 Å². The predicted octanol–water partition coefficient (Wildman–Crippen LogP) is 1.56. The zero-order valence-corrected chi connectivity index (χ0v) is 10.9. The molecule has 5 nitrogen and oxygen atoms in total. The maximum atomic E-state index is 12.4. The van der Waals surface area contributed by atoms with E-state index in [1.165, 1.54) is 12.8 Å². The van der Waals surface area contributed by atoms with Crippen molar-refractivity contribution in [1.82, 2.24) is 19.2 Å². The van der Waals surface area contributed by atoms with E-state index in [9.17, 15) is 4.79 Å². The van der Waals surface area contributed by atoms with E-state index in [1.54, 1.807) is 15.3 Å². The van der Waals surface area contributed by atoms with Crippen LogP contribution in [0.25, 0.3) is 5.52 Å². The fraction of sp³-hybridized carbons (Fsp3) is 0.615. The Morgan fingerprint density at radius 1 is 1.44 bits per heavy atom. The molecule has 2 heterocycles. The van der Waals surface area contributed by atoms with E-state index in [0.717, 1.165) is 36.4 Å². The van der Waals surface area contributed by atoms with Crippen LogP contribution in [-0.2, 0) is 13.0 Å². The molecule has 1 aliphatic rings. The predicted molar refractivity (Wildman–Crippen MR) is 68.7 cm³/mol. The highest BCUT2D eigenvalue weighted by atomic mass is 16.2. The lowest BCUT2D eigenvalue weighted by Crippen LogP contribution is -2.30. The maximum Gasteiger partial charge on any atom is 0.350 e. The highest BCUT2D eigenvalue weighted by Gasteiger charge is 2.23. The van der Waals surface area contributed by atoms with Crippen LogP contribution in [0.2, 0.25) is 0 Å². The number of rotatable bonds is 4. The van der Waals surface area contributed by atoms with Crippen molar-refractivity contribution in [3.8, 4) is 0 Å². The van der Waals surface area contributed by atoms with Crippen molar-refractivity contribution in [1.29, 1.82) is 0 Å². The van der Waals surface area contributed by atoms with Gasteiger partial charge in [-0.3, -0.25) is 0 Å². The second-order valence-electron chi connectivity index (χ2n) is 5.14. The number of fused-ring (bicyclic) bond motifs is 1. The zero-order chi connectivity index (χ0) is 12.7. The van der Waals surface area contributed by atoms with E-state index < -0.39 is 0 Å². The summed E-state index contributed by atoms with van der Waals surface area (Å²) in [4.78, 5) is 16.9. The van der Waals surface area contributed by atoms with Gasteiger partial charge >= 0.3 is 5.69 Å². The lowest BCUT2D eigenvalue weighted by Gasteiger charge is -2.05. The Labute approximate surface area is 105 Å². The van der Waals surface area contributed by atoms with Gasteiger partial charge in [-0.15, -0.1) is 0 Å². The lowest BCUT2D eigenvalue weighted by atomic mass is 10.3. The summed E-state index contributed by atoms with van der Waals surface area (Å²) in [5.74, 6) is 1.51. The molecule has 0 amide bonds. The summed E-state index contributed by atoms with van der Waals surface area (Å²) in [6.45, 7) is 4.78. The smallest absolute Gasteiger partial charge is 0.246 e. The van der Waals surface area contributed by atoms with Crippen molar-refractivity contribution in [2.24, 2.45) is 5.92 Å². The van der Waals surface area contributed by atoms with Gasteiger partial charge in [-0.1, -0.05) is 6.92 Å². The van der Waals surface area contributed by atoms with Crippen molar-refractivity contribution in [3.05, 3.63) is 28.2 Å². The zero-order valence-electron chi connectivity index (χ0n) is 10.9. The van der Waals surface area contributed by atoms with Crippen molar-refractivity contribution in [3.63, 3.8) is 0 Å². The molecule has 3 rings (SSSR count). The third-order valence-electron chi connectivity index (χ3n) is 3.50. The number of hydrogen-bond acceptors (Lipinski definition) is 3. The fourth-order valence-electron chi connectivity index (χ4n) is 2.32. The summed E-state index contributed by atoms with van der Waals surface area (Å²) < 4.78 is 3.32. The summed E-state index contributed by atoms with van der Waals surface area (Å²) in [6.07, 6.45) is 6.03. The van der Waals surface area contributed by atoms with Gasteiger partial charge < -0.3 is 0 Å². The molecule has 1 aliphatic carbocycles. The molecular formula is C13H18N4O. The molecule has 0 saturated heterocycles. The van der Waals surface area contributed by atoms with Gasteiger partial charge in [0, 0.05) is 13.0 Å². The van der Waals surface area contributed by atoms with Crippen LogP contribution in [0, 0.1) is 12.8 Å². The molecule has 0 atom stereocenters. The largest absolute Gasteiger partial charge is 0.350 e. The number of hydrogen-bond donors (Lipinski definition) is 0. The van der Waals surface area contributed by atoms with Crippen LogP contribution in [-0.4, -0.2) is 19.2 Å². The summed E-state index contributed by atoms with van der Waals surface area (Å²) in [7, 11) is 0. The van der Waals surface area contributed by atoms with Gasteiger partial charge in [0.25, 0.3) is 0 Å². The minimum absolute atomic E-state index is 0.0385. The highest BCUT2D eigenvalue weighted by Crippen LogP contribution is 2.29. The fourth-order valence-corrected chi connectivity index (χ4v) is 2.32. The number of nitrogens with zero attached hydrogens (tertiary/aromatic N) is 4. The Kier molecular flexibility index (Phi) is 2.69. The van der Waals surface area contributed by atoms with Crippen LogP contribution in [0.3, 0.4) is 0 Å². The van der Waals surface area contributed by atoms with Gasteiger partial charge in [-0.2, -0.15) is 5.10 Å². The number of aromatic nitrogens is 4. The van der Waals surface area contributed by atoms with Gasteiger partial charge in [0.2, 0.25) is 0 Å². The molecule has 5 heteroatoms. The van der Waals surface area contributed by atoms with E-state index in [1.807, 2.05) is 6.92 Å². The average molecular weight is 246 g/mol. The molecule has 18 heavy (non-hydrogen) atoms. The molecule has 1 fully saturated rings. The van der Waals surface area contributed by atoms with Gasteiger partial charge in [0.1, 0.15) is 5.82 Å². The molecule has 0 radical (unpaired) electrons. The Morgan fingerprint density at radius 3 is 2.89 bits per heavy atom. The third kappa shape index (κ3) is 1.83. The van der Waals surface area contributed by atoms with Gasteiger partial charge in [-0.25, -0.2) is 18.9 Å². The summed E-state index contributed by atoms with van der Waals surface area (Å²) in [5, 5.41) is 4.26. The van der Waals surface area contributed by atoms with Gasteiger partial charge in [0.15, 0.2) is 0 Å². The Balaban J connectivity index is 2.15. The Morgan fingerprint density at radius 2 is 2.22 bits per heavy atom. The molecule has 1 saturated carbocycles. The first kappa shape index (κ1) is 11.4. The SMILES string of the molecule is CCCc1nc(C)c2cnn(CC3CC3)c(=O)n12. The first-order valence-corrected chi connectivity index (χ1v) is 6.64. The van der Waals surface area contributed by atoms with E-state index >= 15 is 0 Å². The maximum absolute atomic E-state index is 12.4. The van der Waals surface area contributed by atoms with Crippen molar-refractivity contribution >= 4 is 5.52 Å². The minimum Gasteiger partial charge on any atom is -0.246 e. The minimum atomic E-state index is -0.0385. The normalized spacial score (nSPS) is 15.4. The first-order valence-electron chi connectivity index (χ1n) is 6.64. The van der Waals surface area contributed by atoms with E-state index in [-0.39, 0.29) is 5.69 Å². The van der Waals surface area contributed by atoms with Crippen LogP contribution in [0.5, 0.6) is 0 Å². The van der Waals surface area contributed by atoms with Crippen molar-refractivity contribution in [2.75, 3.05) is 0 Å². The van der Waals surface area contributed by atoms with E-state index in [4.69, 9.17) is 0 Å². The summed E-state index contributed by atoms with van der Waals surface area (Å²) in [5.41, 5.74) is 1.69. The topological polar surface area (TPSA) is 52.2 Å². The molecule has 0 aromatic carbocycles. The average Bonchev–Trinajstić information content (AvgIpc) is 3.09. The third-order valence-corrected chi connectivity index (χ3v) is 3.50. The molecular weight excluding hydrogens is 228 g/mol. The van der Waals surface area contributed by atoms with Crippen LogP contribution in [0.1, 0.15) is 37.7 Å². The van der Waals surface area contributed by atoms with Crippen LogP contribution in [0.4, 0.5) is 0 Å². The van der Waals surface area contributed by atoms with Crippen LogP contribution in [0.15, 0.2) is 11.0 Å². The first-order chi connectivity index (χ1) is 8.70. The standard InChI is InChI=1S/C13H18N4O/c1-3-4-12-15-9(2)11-7-14-16(8-10-5-6-10)13(18)17(11)12/h7,10H,3-6,8H2,1-2H3. The molecule has 0 aliphatic heterocycles. The van der Waals surface area contributed by atoms with Gasteiger partial charge in [0.05, 0.1) is 17.4 Å². The van der Waals surface area contributed by atoms with Crippen LogP contribution < -0.4 is 5.69 Å². The highest BCUT2D eigenvalue weighted by molar-refractivity contribution is 5.50. The quantitative estimate of drug-likeness (QED) is 0.822. The second-order valence-corrected chi connectivity index (χ2v) is 5.14. The molecule has 2 aromatic heterocycles. The Bertz CT molecular complexity index is 636. The van der Waals surface area contributed by atoms with E-state index in [0.29, 0.717) is 5.92 Å². The molecule has 0 N–H and O–H groups in total. The summed E-state index contributed by atoms with van der Waals surface area (Å²) in [6, 6.07) is 0. The molecule has 96 valence electrons. The van der Waals surface area contributed by atoms with Gasteiger partial charge in [-0.05, 0) is 32.1 Å². The molecule has 2 aromatic rings. The molecule has 0 bridgehead atoms. The number of imidazole rings is 1. The van der Waals surface area contributed by atoms with Crippen molar-refractivity contribution in [2.45, 2.75) is 46.1 Å². The second kappa shape index (κ2) is 4.23. The molecule has 0 spiro atoms. The monoisotopic (exact) mass is 246 g/mol. The van der Waals surface area contributed by atoms with Crippen molar-refractivity contribution < 1.29 is 0 Å². The Hall–Kier alpha value is -1.65. The summed E-state index contributed by atoms with van der Waals surface area (Å²) >= 11 is 0. The number of aryl methyl sites for hydroxylation is 2.